The van der Waals surface area contributed by atoms with Crippen LogP contribution in [0.5, 0.6) is 0 Å². The van der Waals surface area contributed by atoms with Gasteiger partial charge in [0, 0.05) is 34.6 Å². The summed E-state index contributed by atoms with van der Waals surface area (Å²) in [4.78, 5) is 19.7. The maximum absolute atomic E-state index is 5.06. The summed E-state index contributed by atoms with van der Waals surface area (Å²) in [5, 5.41) is 6.23. The monoisotopic (exact) mass is 634 g/mol. The third kappa shape index (κ3) is 5.81. The number of hydrogen-bond donors (Lipinski definition) is 0. The number of nitrogens with zero attached hydrogens (tertiary/aromatic N) is 4. The van der Waals surface area contributed by atoms with Crippen LogP contribution in [-0.2, 0) is 0 Å². The normalized spacial score (nSPS) is 11.6. The molecule has 2 heterocycles. The van der Waals surface area contributed by atoms with Crippen molar-refractivity contribution in [2.75, 3.05) is 0 Å². The van der Waals surface area contributed by atoms with E-state index in [4.69, 9.17) is 15.0 Å². The maximum atomic E-state index is 5.06. The van der Waals surface area contributed by atoms with Gasteiger partial charge in [0.1, 0.15) is 0 Å². The second-order valence-corrected chi connectivity index (χ2v) is 18.3. The molecule has 0 fully saturated rings. The fourth-order valence-corrected chi connectivity index (χ4v) is 7.42. The fraction of sp³-hybridized carbons (Fsp3) is 0.0698. The summed E-state index contributed by atoms with van der Waals surface area (Å²) in [5.74, 6) is 1.84. The zero-order valence-corrected chi connectivity index (χ0v) is 28.2. The molecule has 8 aromatic rings. The van der Waals surface area contributed by atoms with Gasteiger partial charge in [0.25, 0.3) is 0 Å². The van der Waals surface area contributed by atoms with E-state index in [0.29, 0.717) is 17.5 Å². The first-order chi connectivity index (χ1) is 23.4. The Kier molecular flexibility index (Phi) is 7.47. The predicted octanol–water partition coefficient (Wildman–Crippen LogP) is 10.5. The lowest BCUT2D eigenvalue weighted by atomic mass is 9.99. The molecule has 0 saturated heterocycles. The van der Waals surface area contributed by atoms with Crippen LogP contribution >= 0.6 is 0 Å². The first kappa shape index (κ1) is 29.6. The van der Waals surface area contributed by atoms with E-state index < -0.39 is 8.07 Å². The quantitative estimate of drug-likeness (QED) is 0.135. The van der Waals surface area contributed by atoms with Gasteiger partial charge in [0.15, 0.2) is 17.5 Å². The van der Waals surface area contributed by atoms with Gasteiger partial charge in [-0.05, 0) is 56.4 Å². The Morgan fingerprint density at radius 1 is 0.375 bits per heavy atom. The number of pyridine rings is 1. The van der Waals surface area contributed by atoms with E-state index in [1.165, 1.54) is 37.9 Å². The minimum absolute atomic E-state index is 0.587. The molecule has 5 heteroatoms. The van der Waals surface area contributed by atoms with Crippen molar-refractivity contribution in [1.82, 2.24) is 19.9 Å². The smallest absolute Gasteiger partial charge is 0.165 e. The molecule has 0 atom stereocenters. The van der Waals surface area contributed by atoms with E-state index in [-0.39, 0.29) is 0 Å². The molecule has 4 nitrogen and oxygen atoms in total. The van der Waals surface area contributed by atoms with Crippen LogP contribution in [0.2, 0.25) is 19.6 Å². The molecule has 0 aliphatic rings. The summed E-state index contributed by atoms with van der Waals surface area (Å²) in [5.41, 5.74) is 7.20. The Labute approximate surface area is 281 Å². The number of aromatic nitrogens is 4. The Balaban J connectivity index is 1.22. The maximum Gasteiger partial charge on any atom is 0.165 e. The van der Waals surface area contributed by atoms with Gasteiger partial charge in [0.05, 0.1) is 8.07 Å². The van der Waals surface area contributed by atoms with Crippen LogP contribution < -0.4 is 5.19 Å². The third-order valence-corrected chi connectivity index (χ3v) is 11.0. The molecule has 0 bridgehead atoms. The fourth-order valence-electron chi connectivity index (χ4n) is 6.25. The second-order valence-electron chi connectivity index (χ2n) is 13.3. The molecule has 0 unspecified atom stereocenters. The second kappa shape index (κ2) is 12.1. The van der Waals surface area contributed by atoms with Crippen LogP contribution in [0.15, 0.2) is 152 Å². The minimum Gasteiger partial charge on any atom is -0.263 e. The topological polar surface area (TPSA) is 51.6 Å². The van der Waals surface area contributed by atoms with Crippen molar-refractivity contribution in [3.63, 3.8) is 0 Å². The van der Waals surface area contributed by atoms with Crippen molar-refractivity contribution in [1.29, 1.82) is 0 Å². The Morgan fingerprint density at radius 2 is 0.917 bits per heavy atom. The van der Waals surface area contributed by atoms with Gasteiger partial charge in [0.2, 0.25) is 0 Å². The molecule has 0 amide bonds. The molecule has 0 aliphatic carbocycles. The highest BCUT2D eigenvalue weighted by Gasteiger charge is 2.17. The standard InChI is InChI=1S/C43H34N4Si/c1-48(2,3)38-22-20-29(21-23-38)33-13-9-14-34(24-33)36-25-37(28-44-27-36)43-46-41(32-11-5-4-6-12-32)45-42(47-43)35-19-18-31-17-16-30-10-7-8-15-39(30)40(31)26-35/h4-28H,1-3H3. The molecule has 0 aliphatic heterocycles. The van der Waals surface area contributed by atoms with Gasteiger partial charge >= 0.3 is 0 Å². The van der Waals surface area contributed by atoms with Crippen LogP contribution in [0.1, 0.15) is 0 Å². The lowest BCUT2D eigenvalue weighted by Gasteiger charge is -2.17. The molecule has 0 N–H and O–H groups in total. The van der Waals surface area contributed by atoms with E-state index in [9.17, 15) is 0 Å². The Bertz CT molecular complexity index is 2430. The Hall–Kier alpha value is -5.78. The molecule has 0 spiro atoms. The third-order valence-electron chi connectivity index (χ3n) is 8.95. The van der Waals surface area contributed by atoms with E-state index in [1.54, 1.807) is 0 Å². The van der Waals surface area contributed by atoms with Crippen LogP contribution in [0.3, 0.4) is 0 Å². The zero-order chi connectivity index (χ0) is 32.7. The SMILES string of the molecule is C[Si](C)(C)c1ccc(-c2cccc(-c3cncc(-c4nc(-c5ccccc5)nc(-c5ccc6ccc7ccccc7c6c5)n4)c3)c2)cc1. The molecule has 6 aromatic carbocycles. The van der Waals surface area contributed by atoms with Crippen LogP contribution in [0.25, 0.3) is 78.0 Å². The summed E-state index contributed by atoms with van der Waals surface area (Å²) >= 11 is 0. The summed E-state index contributed by atoms with van der Waals surface area (Å²) in [7, 11) is -1.36. The molecule has 8 rings (SSSR count). The van der Waals surface area contributed by atoms with Gasteiger partial charge in [-0.2, -0.15) is 0 Å². The van der Waals surface area contributed by atoms with E-state index in [0.717, 1.165) is 27.8 Å². The van der Waals surface area contributed by atoms with Crippen molar-refractivity contribution in [3.8, 4) is 56.4 Å². The lowest BCUT2D eigenvalue weighted by Crippen LogP contribution is -2.37. The van der Waals surface area contributed by atoms with Gasteiger partial charge in [-0.25, -0.2) is 15.0 Å². The molecule has 2 aromatic heterocycles. The average molecular weight is 635 g/mol. The number of hydrogen-bond acceptors (Lipinski definition) is 4. The van der Waals surface area contributed by atoms with Gasteiger partial charge in [-0.15, -0.1) is 0 Å². The van der Waals surface area contributed by atoms with E-state index >= 15 is 0 Å². The minimum atomic E-state index is -1.36. The van der Waals surface area contributed by atoms with Crippen molar-refractivity contribution in [2.24, 2.45) is 0 Å². The summed E-state index contributed by atoms with van der Waals surface area (Å²) in [6.07, 6.45) is 3.75. The Morgan fingerprint density at radius 3 is 1.67 bits per heavy atom. The van der Waals surface area contributed by atoms with Gasteiger partial charge in [-0.3, -0.25) is 4.98 Å². The molecular formula is C43H34N4Si. The van der Waals surface area contributed by atoms with Crippen molar-refractivity contribution in [2.45, 2.75) is 19.6 Å². The average Bonchev–Trinajstić information content (AvgIpc) is 3.14. The summed E-state index contributed by atoms with van der Waals surface area (Å²) < 4.78 is 0. The molecule has 0 radical (unpaired) electrons. The highest BCUT2D eigenvalue weighted by Crippen LogP contribution is 2.32. The van der Waals surface area contributed by atoms with Crippen LogP contribution in [0.4, 0.5) is 0 Å². The zero-order valence-electron chi connectivity index (χ0n) is 27.2. The first-order valence-corrected chi connectivity index (χ1v) is 19.8. The van der Waals surface area contributed by atoms with Crippen molar-refractivity contribution >= 4 is 34.8 Å². The van der Waals surface area contributed by atoms with Gasteiger partial charge < -0.3 is 0 Å². The highest BCUT2D eigenvalue weighted by molar-refractivity contribution is 6.88. The molecular weight excluding hydrogens is 601 g/mol. The molecule has 0 saturated carbocycles. The largest absolute Gasteiger partial charge is 0.263 e. The summed E-state index contributed by atoms with van der Waals surface area (Å²) in [6.45, 7) is 7.14. The molecule has 230 valence electrons. The predicted molar refractivity (Wildman–Crippen MR) is 203 cm³/mol. The number of benzene rings is 6. The molecule has 48 heavy (non-hydrogen) atoms. The van der Waals surface area contributed by atoms with Crippen molar-refractivity contribution < 1.29 is 0 Å². The van der Waals surface area contributed by atoms with Crippen LogP contribution in [0, 0.1) is 0 Å². The van der Waals surface area contributed by atoms with Crippen molar-refractivity contribution in [3.05, 3.63) is 152 Å². The first-order valence-electron chi connectivity index (χ1n) is 16.3. The number of rotatable bonds is 6. The van der Waals surface area contributed by atoms with E-state index in [1.807, 2.05) is 42.7 Å². The highest BCUT2D eigenvalue weighted by atomic mass is 28.3. The van der Waals surface area contributed by atoms with Crippen LogP contribution in [-0.4, -0.2) is 28.0 Å². The van der Waals surface area contributed by atoms with E-state index in [2.05, 4.69) is 134 Å². The number of fused-ring (bicyclic) bond motifs is 3. The van der Waals surface area contributed by atoms with Gasteiger partial charge in [-0.1, -0.05) is 146 Å². The summed E-state index contributed by atoms with van der Waals surface area (Å²) in [6, 6.07) is 49.2. The lowest BCUT2D eigenvalue weighted by molar-refractivity contribution is 1.07.